The fourth-order valence-corrected chi connectivity index (χ4v) is 8.67. The number of aliphatic hydroxyl groups excluding tert-OH is 2. The van der Waals surface area contributed by atoms with Crippen LogP contribution in [0.1, 0.15) is 54.4 Å². The molecule has 0 unspecified atom stereocenters. The minimum Gasteiger partial charge on any atom is -0.455 e. The van der Waals surface area contributed by atoms with Crippen molar-refractivity contribution in [2.24, 2.45) is 29.1 Å². The van der Waals surface area contributed by atoms with Gasteiger partial charge in [-0.1, -0.05) is 70.6 Å². The van der Waals surface area contributed by atoms with E-state index >= 15 is 0 Å². The van der Waals surface area contributed by atoms with E-state index in [0.717, 1.165) is 12.8 Å². The first kappa shape index (κ1) is 30.8. The molecule has 3 saturated carbocycles. The van der Waals surface area contributed by atoms with E-state index in [-0.39, 0.29) is 5.57 Å². The lowest BCUT2D eigenvalue weighted by Crippen LogP contribution is -2.69. The smallest absolute Gasteiger partial charge is 0.331 e. The minimum absolute atomic E-state index is 0.149. The largest absolute Gasteiger partial charge is 0.455 e. The van der Waals surface area contributed by atoms with Crippen LogP contribution in [-0.2, 0) is 28.6 Å². The molecule has 42 heavy (non-hydrogen) atoms. The molecule has 0 radical (unpaired) electrons. The molecule has 5 rings (SSSR count). The van der Waals surface area contributed by atoms with Crippen molar-refractivity contribution in [1.29, 1.82) is 0 Å². The van der Waals surface area contributed by atoms with Gasteiger partial charge in [0.2, 0.25) is 0 Å². The molecule has 0 bridgehead atoms. The first-order valence-corrected chi connectivity index (χ1v) is 14.7. The number of hydrogen-bond donors (Lipinski definition) is 4. The summed E-state index contributed by atoms with van der Waals surface area (Å²) in [5, 5.41) is 46.6. The van der Waals surface area contributed by atoms with E-state index < -0.39 is 94.1 Å². The zero-order valence-electron chi connectivity index (χ0n) is 24.9. The van der Waals surface area contributed by atoms with Crippen LogP contribution in [0, 0.1) is 29.1 Å². The van der Waals surface area contributed by atoms with Crippen molar-refractivity contribution in [2.75, 3.05) is 6.61 Å². The quantitative estimate of drug-likeness (QED) is 0.142. The van der Waals surface area contributed by atoms with Crippen LogP contribution in [0.15, 0.2) is 48.1 Å². The molecule has 0 aromatic heterocycles. The van der Waals surface area contributed by atoms with Gasteiger partial charge in [0.15, 0.2) is 17.0 Å². The monoisotopic (exact) mass is 586 g/mol. The van der Waals surface area contributed by atoms with E-state index in [1.807, 2.05) is 26.0 Å². The standard InChI is InChI=1S/C32H42O10/c1-7-8-9-10-11-12-13-14-21(35)40-25-18(3)30(38)20-15-17(2)24(36)31(20,39)27(37)29(16-33)26(42-29)22(30)23-28(5,6)32(23,25)41-19(4)34/h9-15,18,20,22-23,25-27,33,37-39H,7-8,16H2,1-6H3/t18-,20+,22-,23-,25-,26+,27-,29+,30+,31-,32-/m1/s1. The number of allylic oxidation sites excluding steroid dienone is 5. The Hall–Kier alpha value is -2.63. The second-order valence-electron chi connectivity index (χ2n) is 13.1. The highest BCUT2D eigenvalue weighted by atomic mass is 16.6. The molecular weight excluding hydrogens is 544 g/mol. The fraction of sp³-hybridized carbons (Fsp3) is 0.656. The van der Waals surface area contributed by atoms with Crippen LogP contribution in [0.4, 0.5) is 0 Å². The molecule has 11 atom stereocenters. The summed E-state index contributed by atoms with van der Waals surface area (Å²) in [5.74, 6) is -6.00. The lowest BCUT2D eigenvalue weighted by Gasteiger charge is -2.53. The summed E-state index contributed by atoms with van der Waals surface area (Å²) < 4.78 is 17.9. The number of Topliss-reactive ketones (excluding diaryl/α,β-unsaturated/α-hetero) is 1. The van der Waals surface area contributed by atoms with Crippen molar-refractivity contribution < 1.29 is 49.0 Å². The topological polar surface area (TPSA) is 163 Å². The summed E-state index contributed by atoms with van der Waals surface area (Å²) in [6.07, 6.45) is 9.51. The van der Waals surface area contributed by atoms with Crippen molar-refractivity contribution in [3.63, 3.8) is 0 Å². The Morgan fingerprint density at radius 3 is 2.43 bits per heavy atom. The number of ether oxygens (including phenoxy) is 3. The summed E-state index contributed by atoms with van der Waals surface area (Å²) in [7, 11) is 0. The van der Waals surface area contributed by atoms with Gasteiger partial charge in [0, 0.05) is 42.1 Å². The highest BCUT2D eigenvalue weighted by Crippen LogP contribution is 2.79. The number of epoxide rings is 1. The van der Waals surface area contributed by atoms with Crippen molar-refractivity contribution >= 4 is 17.7 Å². The molecule has 0 aromatic carbocycles. The van der Waals surface area contributed by atoms with Gasteiger partial charge in [-0.3, -0.25) is 9.59 Å². The number of carbonyl (C=O) groups is 3. The first-order valence-electron chi connectivity index (χ1n) is 14.7. The van der Waals surface area contributed by atoms with Gasteiger partial charge in [0.05, 0.1) is 18.3 Å². The third-order valence-corrected chi connectivity index (χ3v) is 10.7. The van der Waals surface area contributed by atoms with E-state index in [9.17, 15) is 34.8 Å². The van der Waals surface area contributed by atoms with Gasteiger partial charge in [-0.2, -0.15) is 0 Å². The van der Waals surface area contributed by atoms with Crippen LogP contribution in [0.2, 0.25) is 0 Å². The van der Waals surface area contributed by atoms with Crippen molar-refractivity contribution in [2.45, 2.75) is 95.1 Å². The summed E-state index contributed by atoms with van der Waals surface area (Å²) in [6.45, 7) is 9.39. The number of hydrogen-bond acceptors (Lipinski definition) is 10. The number of aliphatic hydroxyl groups is 4. The summed E-state index contributed by atoms with van der Waals surface area (Å²) in [6, 6.07) is 0. The molecule has 10 heteroatoms. The molecule has 0 aromatic rings. The van der Waals surface area contributed by atoms with E-state index in [4.69, 9.17) is 14.2 Å². The van der Waals surface area contributed by atoms with Gasteiger partial charge in [-0.15, -0.1) is 0 Å². The molecule has 4 N–H and O–H groups in total. The Morgan fingerprint density at radius 2 is 1.81 bits per heavy atom. The summed E-state index contributed by atoms with van der Waals surface area (Å²) in [5.41, 5.74) is -8.26. The fourth-order valence-electron chi connectivity index (χ4n) is 8.67. The Labute approximate surface area is 245 Å². The SMILES string of the molecule is CCCC=CC=CC=CC(=O)O[C@@H]1[C@@H](C)[C@@]2(O)[C@H]([C@@H]3C(C)(C)[C@]13OC(C)=O)[C@@H]1O[C@]1(CO)[C@@H](O)[C@]1(O)C(=O)C(C)=C[C@H]12. The van der Waals surface area contributed by atoms with Crippen LogP contribution < -0.4 is 0 Å². The van der Waals surface area contributed by atoms with E-state index in [1.165, 1.54) is 32.1 Å². The highest BCUT2D eigenvalue weighted by molar-refractivity contribution is 6.05. The van der Waals surface area contributed by atoms with Crippen LogP contribution in [0.5, 0.6) is 0 Å². The Morgan fingerprint density at radius 1 is 1.14 bits per heavy atom. The lowest BCUT2D eigenvalue weighted by molar-refractivity contribution is -0.243. The molecule has 10 nitrogen and oxygen atoms in total. The third-order valence-electron chi connectivity index (χ3n) is 10.7. The van der Waals surface area contributed by atoms with Crippen LogP contribution >= 0.6 is 0 Å². The molecule has 1 aliphatic heterocycles. The predicted octanol–water partition coefficient (Wildman–Crippen LogP) is 1.70. The Bertz CT molecular complexity index is 1300. The first-order chi connectivity index (χ1) is 19.6. The number of ketones is 1. The van der Waals surface area contributed by atoms with Crippen LogP contribution in [0.3, 0.4) is 0 Å². The molecule has 5 aliphatic rings. The normalized spacial score (nSPS) is 46.5. The number of esters is 2. The van der Waals surface area contributed by atoms with Gasteiger partial charge in [0.25, 0.3) is 0 Å². The lowest BCUT2D eigenvalue weighted by atomic mass is 9.58. The van der Waals surface area contributed by atoms with Gasteiger partial charge < -0.3 is 34.6 Å². The number of rotatable bonds is 8. The number of fused-ring (bicyclic) bond motifs is 7. The third kappa shape index (κ3) is 3.78. The van der Waals surface area contributed by atoms with Crippen LogP contribution in [-0.4, -0.2) is 85.5 Å². The summed E-state index contributed by atoms with van der Waals surface area (Å²) >= 11 is 0. The average molecular weight is 587 g/mol. The number of carbonyl (C=O) groups excluding carboxylic acids is 3. The maximum absolute atomic E-state index is 13.4. The van der Waals surface area contributed by atoms with Crippen molar-refractivity contribution in [3.8, 4) is 0 Å². The van der Waals surface area contributed by atoms with Crippen molar-refractivity contribution in [3.05, 3.63) is 48.1 Å². The maximum atomic E-state index is 13.4. The molecule has 0 amide bonds. The van der Waals surface area contributed by atoms with E-state index in [1.54, 1.807) is 19.1 Å². The minimum atomic E-state index is -2.50. The van der Waals surface area contributed by atoms with Gasteiger partial charge >= 0.3 is 11.9 Å². The van der Waals surface area contributed by atoms with E-state index in [0.29, 0.717) is 0 Å². The molecule has 1 heterocycles. The molecular formula is C32H42O10. The Kier molecular flexibility index (Phi) is 7.30. The number of unbranched alkanes of at least 4 members (excludes halogenated alkanes) is 1. The zero-order chi connectivity index (χ0) is 31.0. The van der Waals surface area contributed by atoms with Gasteiger partial charge in [-0.25, -0.2) is 4.79 Å². The highest BCUT2D eigenvalue weighted by Gasteiger charge is 2.93. The Balaban J connectivity index is 1.59. The second-order valence-corrected chi connectivity index (χ2v) is 13.1. The molecule has 4 fully saturated rings. The maximum Gasteiger partial charge on any atom is 0.331 e. The average Bonchev–Trinajstić information content (AvgIpc) is 3.75. The van der Waals surface area contributed by atoms with Crippen LogP contribution in [0.25, 0.3) is 0 Å². The predicted molar refractivity (Wildman–Crippen MR) is 149 cm³/mol. The zero-order valence-corrected chi connectivity index (χ0v) is 24.9. The second kappa shape index (κ2) is 9.95. The van der Waals surface area contributed by atoms with Crippen molar-refractivity contribution in [1.82, 2.24) is 0 Å². The molecule has 4 aliphatic carbocycles. The summed E-state index contributed by atoms with van der Waals surface area (Å²) in [4.78, 5) is 39.1. The molecule has 1 saturated heterocycles. The van der Waals surface area contributed by atoms with Gasteiger partial charge in [0.1, 0.15) is 17.8 Å². The van der Waals surface area contributed by atoms with E-state index in [2.05, 4.69) is 6.92 Å². The molecule has 230 valence electrons. The van der Waals surface area contributed by atoms with Gasteiger partial charge in [-0.05, 0) is 18.9 Å². The molecule has 0 spiro atoms.